The highest BCUT2D eigenvalue weighted by molar-refractivity contribution is 4.88. The standard InChI is InChI=1S/C24H46/c1-4-7-8-9-10-11-21-12-14-22(15-13-21)23-16-19-24(6-3,18-5-2)20-17-23/h21-23H,4-20H2,1-3H3/t21?,22?,23-,24-. The first-order valence-electron chi connectivity index (χ1n) is 11.7. The Kier molecular flexibility index (Phi) is 9.20. The molecular weight excluding hydrogens is 288 g/mol. The van der Waals surface area contributed by atoms with Crippen LogP contribution in [0.15, 0.2) is 0 Å². The van der Waals surface area contributed by atoms with Gasteiger partial charge in [0.15, 0.2) is 0 Å². The van der Waals surface area contributed by atoms with Crippen molar-refractivity contribution in [2.24, 2.45) is 23.2 Å². The molecule has 0 heteroatoms. The predicted octanol–water partition coefficient (Wildman–Crippen LogP) is 8.54. The molecule has 0 aromatic rings. The zero-order valence-corrected chi connectivity index (χ0v) is 17.3. The van der Waals surface area contributed by atoms with Crippen LogP contribution >= 0.6 is 0 Å². The molecule has 0 nitrogen and oxygen atoms in total. The van der Waals surface area contributed by atoms with Gasteiger partial charge in [0.1, 0.15) is 0 Å². The maximum atomic E-state index is 2.45. The number of rotatable bonds is 10. The van der Waals surface area contributed by atoms with Gasteiger partial charge in [0, 0.05) is 0 Å². The molecule has 2 rings (SSSR count). The molecule has 0 aromatic heterocycles. The second-order valence-electron chi connectivity index (χ2n) is 9.42. The van der Waals surface area contributed by atoms with Gasteiger partial charge in [0.25, 0.3) is 0 Å². The van der Waals surface area contributed by atoms with E-state index in [0.29, 0.717) is 0 Å². The molecule has 0 atom stereocenters. The van der Waals surface area contributed by atoms with Gasteiger partial charge in [-0.25, -0.2) is 0 Å². The SMILES string of the molecule is CCCCCCCC1CCC([C@H]2CC[C@](CC)(CCC)CC2)CC1. The Morgan fingerprint density at radius 3 is 1.88 bits per heavy atom. The normalized spacial score (nSPS) is 34.4. The quantitative estimate of drug-likeness (QED) is 0.351. The van der Waals surface area contributed by atoms with E-state index >= 15 is 0 Å². The third-order valence-electron chi connectivity index (χ3n) is 7.90. The van der Waals surface area contributed by atoms with E-state index < -0.39 is 0 Å². The van der Waals surface area contributed by atoms with E-state index in [0.717, 1.165) is 23.2 Å². The van der Waals surface area contributed by atoms with Gasteiger partial charge < -0.3 is 0 Å². The summed E-state index contributed by atoms with van der Waals surface area (Å²) in [7, 11) is 0. The minimum atomic E-state index is 0.737. The first-order valence-corrected chi connectivity index (χ1v) is 11.7. The third-order valence-corrected chi connectivity index (χ3v) is 7.90. The Bertz CT molecular complexity index is 302. The maximum absolute atomic E-state index is 2.45. The Hall–Kier alpha value is 0. The summed E-state index contributed by atoms with van der Waals surface area (Å²) in [6, 6.07) is 0. The number of hydrogen-bond acceptors (Lipinski definition) is 0. The lowest BCUT2D eigenvalue weighted by Gasteiger charge is -2.43. The van der Waals surface area contributed by atoms with Crippen LogP contribution in [-0.2, 0) is 0 Å². The largest absolute Gasteiger partial charge is 0.0654 e. The first kappa shape index (κ1) is 20.3. The maximum Gasteiger partial charge on any atom is -0.0300 e. The minimum absolute atomic E-state index is 0.737. The van der Waals surface area contributed by atoms with E-state index in [4.69, 9.17) is 0 Å². The van der Waals surface area contributed by atoms with E-state index in [1.165, 1.54) is 57.8 Å². The van der Waals surface area contributed by atoms with Gasteiger partial charge in [-0.3, -0.25) is 0 Å². The summed E-state index contributed by atoms with van der Waals surface area (Å²) in [4.78, 5) is 0. The lowest BCUT2D eigenvalue weighted by atomic mass is 9.62. The molecule has 24 heavy (non-hydrogen) atoms. The summed E-state index contributed by atoms with van der Waals surface area (Å²) < 4.78 is 0. The molecular formula is C24H46. The average molecular weight is 335 g/mol. The van der Waals surface area contributed by atoms with Crippen LogP contribution in [0.25, 0.3) is 0 Å². The van der Waals surface area contributed by atoms with Crippen molar-refractivity contribution in [3.8, 4) is 0 Å². The molecule has 142 valence electrons. The zero-order chi connectivity index (χ0) is 17.3. The van der Waals surface area contributed by atoms with Crippen molar-refractivity contribution in [3.63, 3.8) is 0 Å². The van der Waals surface area contributed by atoms with E-state index in [2.05, 4.69) is 20.8 Å². The Morgan fingerprint density at radius 1 is 0.667 bits per heavy atom. The zero-order valence-electron chi connectivity index (χ0n) is 17.3. The van der Waals surface area contributed by atoms with Crippen LogP contribution in [0, 0.1) is 23.2 Å². The smallest absolute Gasteiger partial charge is 0.0300 e. The van der Waals surface area contributed by atoms with E-state index in [1.807, 2.05) is 0 Å². The molecule has 0 heterocycles. The van der Waals surface area contributed by atoms with Crippen molar-refractivity contribution in [1.29, 1.82) is 0 Å². The molecule has 0 radical (unpaired) electrons. The molecule has 2 aliphatic rings. The van der Waals surface area contributed by atoms with Crippen LogP contribution in [0.5, 0.6) is 0 Å². The minimum Gasteiger partial charge on any atom is -0.0654 e. The summed E-state index contributed by atoms with van der Waals surface area (Å²) in [5.74, 6) is 3.27. The van der Waals surface area contributed by atoms with Crippen molar-refractivity contribution >= 4 is 0 Å². The van der Waals surface area contributed by atoms with Gasteiger partial charge in [-0.15, -0.1) is 0 Å². The Labute approximate surface area is 153 Å². The number of hydrogen-bond donors (Lipinski definition) is 0. The first-order chi connectivity index (χ1) is 11.7. The molecule has 2 fully saturated rings. The van der Waals surface area contributed by atoms with Gasteiger partial charge in [-0.05, 0) is 68.1 Å². The fourth-order valence-electron chi connectivity index (χ4n) is 6.02. The second kappa shape index (κ2) is 10.9. The van der Waals surface area contributed by atoms with Crippen LogP contribution in [0.4, 0.5) is 0 Å². The number of unbranched alkanes of at least 4 members (excludes halogenated alkanes) is 4. The van der Waals surface area contributed by atoms with Gasteiger partial charge in [-0.1, -0.05) is 85.0 Å². The molecule has 2 saturated carbocycles. The lowest BCUT2D eigenvalue weighted by Crippen LogP contribution is -2.31. The molecule has 2 aliphatic carbocycles. The fourth-order valence-corrected chi connectivity index (χ4v) is 6.02. The predicted molar refractivity (Wildman–Crippen MR) is 108 cm³/mol. The molecule has 0 spiro atoms. The highest BCUT2D eigenvalue weighted by atomic mass is 14.4. The summed E-state index contributed by atoms with van der Waals surface area (Å²) >= 11 is 0. The van der Waals surface area contributed by atoms with Crippen molar-refractivity contribution < 1.29 is 0 Å². The fraction of sp³-hybridized carbons (Fsp3) is 1.00. The summed E-state index contributed by atoms with van der Waals surface area (Å²) in [6.45, 7) is 7.15. The molecule has 0 aliphatic heterocycles. The van der Waals surface area contributed by atoms with Crippen molar-refractivity contribution in [3.05, 3.63) is 0 Å². The molecule has 0 amide bonds. The summed E-state index contributed by atoms with van der Waals surface area (Å²) in [5.41, 5.74) is 0.737. The Balaban J connectivity index is 1.63. The van der Waals surface area contributed by atoms with Crippen molar-refractivity contribution in [1.82, 2.24) is 0 Å². The topological polar surface area (TPSA) is 0 Å². The van der Waals surface area contributed by atoms with Crippen LogP contribution in [-0.4, -0.2) is 0 Å². The van der Waals surface area contributed by atoms with E-state index in [9.17, 15) is 0 Å². The van der Waals surface area contributed by atoms with E-state index in [-0.39, 0.29) is 0 Å². The van der Waals surface area contributed by atoms with Crippen molar-refractivity contribution in [2.75, 3.05) is 0 Å². The lowest BCUT2D eigenvalue weighted by molar-refractivity contribution is 0.0812. The molecule has 0 saturated heterocycles. The second-order valence-corrected chi connectivity index (χ2v) is 9.42. The van der Waals surface area contributed by atoms with Gasteiger partial charge in [0.2, 0.25) is 0 Å². The molecule has 0 aromatic carbocycles. The molecule has 0 unspecified atom stereocenters. The van der Waals surface area contributed by atoms with Crippen LogP contribution in [0.3, 0.4) is 0 Å². The molecule has 0 bridgehead atoms. The van der Waals surface area contributed by atoms with Gasteiger partial charge in [0.05, 0.1) is 0 Å². The average Bonchev–Trinajstić information content (AvgIpc) is 2.63. The van der Waals surface area contributed by atoms with Crippen LogP contribution in [0.2, 0.25) is 0 Å². The van der Waals surface area contributed by atoms with Crippen LogP contribution in [0.1, 0.15) is 130 Å². The monoisotopic (exact) mass is 334 g/mol. The summed E-state index contributed by atoms with van der Waals surface area (Å²) in [5, 5.41) is 0. The third kappa shape index (κ3) is 6.06. The highest BCUT2D eigenvalue weighted by Gasteiger charge is 2.36. The van der Waals surface area contributed by atoms with E-state index in [1.54, 1.807) is 51.4 Å². The van der Waals surface area contributed by atoms with Crippen molar-refractivity contribution in [2.45, 2.75) is 130 Å². The summed E-state index contributed by atoms with van der Waals surface area (Å²) in [6.07, 6.45) is 25.6. The van der Waals surface area contributed by atoms with Crippen LogP contribution < -0.4 is 0 Å². The Morgan fingerprint density at radius 2 is 1.29 bits per heavy atom. The van der Waals surface area contributed by atoms with Gasteiger partial charge >= 0.3 is 0 Å². The highest BCUT2D eigenvalue weighted by Crippen LogP contribution is 2.49. The van der Waals surface area contributed by atoms with Gasteiger partial charge in [-0.2, -0.15) is 0 Å². The molecule has 0 N–H and O–H groups in total.